The quantitative estimate of drug-likeness (QED) is 0.877. The summed E-state index contributed by atoms with van der Waals surface area (Å²) in [6.45, 7) is 3.24. The Labute approximate surface area is 141 Å². The second-order valence-corrected chi connectivity index (χ2v) is 6.09. The largest absolute Gasteiger partial charge is 0.478 e. The van der Waals surface area contributed by atoms with Gasteiger partial charge in [-0.15, -0.1) is 0 Å². The maximum atomic E-state index is 10.9. The van der Waals surface area contributed by atoms with Crippen LogP contribution in [0.4, 0.5) is 0 Å². The van der Waals surface area contributed by atoms with Gasteiger partial charge in [-0.2, -0.15) is 0 Å². The van der Waals surface area contributed by atoms with Crippen LogP contribution in [-0.2, 0) is 17.9 Å². The van der Waals surface area contributed by atoms with E-state index in [1.54, 1.807) is 19.2 Å². The summed E-state index contributed by atoms with van der Waals surface area (Å²) in [4.78, 5) is 21.9. The van der Waals surface area contributed by atoms with Crippen molar-refractivity contribution in [2.75, 3.05) is 20.2 Å². The predicted molar refractivity (Wildman–Crippen MR) is 88.8 cm³/mol. The Kier molecular flexibility index (Phi) is 5.17. The molecule has 1 fully saturated rings. The maximum Gasteiger partial charge on any atom is 0.335 e. The zero-order valence-electron chi connectivity index (χ0n) is 13.7. The Morgan fingerprint density at radius 1 is 1.29 bits per heavy atom. The minimum atomic E-state index is -0.883. The van der Waals surface area contributed by atoms with Gasteiger partial charge in [0.15, 0.2) is 5.82 Å². The van der Waals surface area contributed by atoms with Gasteiger partial charge in [-0.1, -0.05) is 12.1 Å². The molecule has 6 nitrogen and oxygen atoms in total. The first-order valence-corrected chi connectivity index (χ1v) is 8.00. The molecule has 1 N–H and O–H groups in total. The van der Waals surface area contributed by atoms with Crippen LogP contribution < -0.4 is 0 Å². The number of ether oxygens (including phenoxy) is 1. The van der Waals surface area contributed by atoms with Crippen LogP contribution >= 0.6 is 0 Å². The van der Waals surface area contributed by atoms with Gasteiger partial charge < -0.3 is 9.84 Å². The van der Waals surface area contributed by atoms with E-state index < -0.39 is 5.97 Å². The topological polar surface area (TPSA) is 75.5 Å². The fourth-order valence-electron chi connectivity index (χ4n) is 3.07. The number of hydrogen-bond donors (Lipinski definition) is 1. The Morgan fingerprint density at radius 3 is 2.62 bits per heavy atom. The lowest BCUT2D eigenvalue weighted by Crippen LogP contribution is -2.20. The van der Waals surface area contributed by atoms with E-state index in [0.717, 1.165) is 31.6 Å². The number of likely N-dealkylation sites (tertiary alicyclic amines) is 1. The van der Waals surface area contributed by atoms with Crippen molar-refractivity contribution in [2.24, 2.45) is 0 Å². The Bertz CT molecular complexity index is 686. The summed E-state index contributed by atoms with van der Waals surface area (Å²) in [7, 11) is 1.63. The van der Waals surface area contributed by atoms with Crippen molar-refractivity contribution < 1.29 is 14.6 Å². The predicted octanol–water partition coefficient (Wildman–Crippen LogP) is 2.31. The molecule has 1 aromatic heterocycles. The number of carbonyl (C=O) groups is 1. The highest BCUT2D eigenvalue weighted by atomic mass is 16.5. The highest BCUT2D eigenvalue weighted by Gasteiger charge is 2.24. The van der Waals surface area contributed by atoms with E-state index in [9.17, 15) is 4.79 Å². The van der Waals surface area contributed by atoms with Crippen LogP contribution in [0.15, 0.2) is 36.7 Å². The van der Waals surface area contributed by atoms with Crippen LogP contribution in [0.1, 0.15) is 39.6 Å². The molecule has 0 bridgehead atoms. The lowest BCUT2D eigenvalue weighted by molar-refractivity contribution is 0.0697. The summed E-state index contributed by atoms with van der Waals surface area (Å²) in [6, 6.07) is 7.23. The van der Waals surface area contributed by atoms with Gasteiger partial charge in [-0.05, 0) is 36.6 Å². The van der Waals surface area contributed by atoms with Gasteiger partial charge in [0.25, 0.3) is 0 Å². The first kappa shape index (κ1) is 16.5. The van der Waals surface area contributed by atoms with Crippen molar-refractivity contribution in [3.05, 3.63) is 59.2 Å². The summed E-state index contributed by atoms with van der Waals surface area (Å²) in [5, 5.41) is 8.97. The summed E-state index contributed by atoms with van der Waals surface area (Å²) in [5.41, 5.74) is 2.63. The van der Waals surface area contributed by atoms with Gasteiger partial charge in [0, 0.05) is 38.2 Å². The second-order valence-electron chi connectivity index (χ2n) is 6.09. The molecule has 1 aromatic carbocycles. The fraction of sp³-hybridized carbons (Fsp3) is 0.389. The molecule has 0 aliphatic carbocycles. The SMILES string of the molecule is COCc1ncc(CN2CCC(c3ccc(C(=O)O)cc3)C2)cn1. The maximum absolute atomic E-state index is 10.9. The van der Waals surface area contributed by atoms with E-state index in [1.165, 1.54) is 5.56 Å². The van der Waals surface area contributed by atoms with E-state index in [0.29, 0.717) is 23.9 Å². The molecule has 0 spiro atoms. The van der Waals surface area contributed by atoms with Gasteiger partial charge >= 0.3 is 5.97 Å². The molecule has 3 rings (SSSR count). The number of aromatic nitrogens is 2. The molecule has 2 heterocycles. The lowest BCUT2D eigenvalue weighted by Gasteiger charge is -2.16. The molecule has 1 aliphatic rings. The minimum Gasteiger partial charge on any atom is -0.478 e. The molecule has 0 amide bonds. The lowest BCUT2D eigenvalue weighted by atomic mass is 9.97. The van der Waals surface area contributed by atoms with Crippen LogP contribution in [0.3, 0.4) is 0 Å². The number of carboxylic acid groups (broad SMARTS) is 1. The summed E-state index contributed by atoms with van der Waals surface area (Å²) in [5.74, 6) is 0.257. The number of methoxy groups -OCH3 is 1. The molecule has 0 saturated carbocycles. The smallest absolute Gasteiger partial charge is 0.335 e. The highest BCUT2D eigenvalue weighted by Crippen LogP contribution is 2.28. The van der Waals surface area contributed by atoms with E-state index >= 15 is 0 Å². The van der Waals surface area contributed by atoms with Crippen LogP contribution in [0.25, 0.3) is 0 Å². The third-order valence-electron chi connectivity index (χ3n) is 4.34. The molecular formula is C18H21N3O3. The zero-order valence-corrected chi connectivity index (χ0v) is 13.7. The first-order valence-electron chi connectivity index (χ1n) is 8.00. The van der Waals surface area contributed by atoms with E-state index in [2.05, 4.69) is 14.9 Å². The van der Waals surface area contributed by atoms with Crippen molar-refractivity contribution in [3.63, 3.8) is 0 Å². The highest BCUT2D eigenvalue weighted by molar-refractivity contribution is 5.87. The average Bonchev–Trinajstić information content (AvgIpc) is 3.05. The molecule has 6 heteroatoms. The number of benzene rings is 1. The number of hydrogen-bond acceptors (Lipinski definition) is 5. The summed E-state index contributed by atoms with van der Waals surface area (Å²) < 4.78 is 5.02. The van der Waals surface area contributed by atoms with Crippen LogP contribution in [0.2, 0.25) is 0 Å². The Hall–Kier alpha value is -2.31. The van der Waals surface area contributed by atoms with E-state index in [4.69, 9.17) is 9.84 Å². The molecular weight excluding hydrogens is 306 g/mol. The molecule has 126 valence electrons. The van der Waals surface area contributed by atoms with Crippen molar-refractivity contribution in [3.8, 4) is 0 Å². The van der Waals surface area contributed by atoms with Crippen LogP contribution in [0, 0.1) is 0 Å². The number of nitrogens with zero attached hydrogens (tertiary/aromatic N) is 3. The number of carboxylic acids is 1. The number of rotatable bonds is 6. The minimum absolute atomic E-state index is 0.335. The Balaban J connectivity index is 1.57. The monoisotopic (exact) mass is 327 g/mol. The third-order valence-corrected chi connectivity index (χ3v) is 4.34. The second kappa shape index (κ2) is 7.51. The van der Waals surface area contributed by atoms with Gasteiger partial charge in [0.2, 0.25) is 0 Å². The van der Waals surface area contributed by atoms with Crippen LogP contribution in [0.5, 0.6) is 0 Å². The van der Waals surface area contributed by atoms with Crippen molar-refractivity contribution >= 4 is 5.97 Å². The standard InChI is InChI=1S/C18H21N3O3/c1-24-12-17-19-8-13(9-20-17)10-21-7-6-16(11-21)14-2-4-15(5-3-14)18(22)23/h2-5,8-9,16H,6-7,10-12H2,1H3,(H,22,23). The van der Waals surface area contributed by atoms with E-state index in [-0.39, 0.29) is 0 Å². The van der Waals surface area contributed by atoms with Gasteiger partial charge in [0.05, 0.1) is 5.56 Å². The molecule has 1 aliphatic heterocycles. The van der Waals surface area contributed by atoms with E-state index in [1.807, 2.05) is 24.5 Å². The molecule has 1 atom stereocenters. The average molecular weight is 327 g/mol. The van der Waals surface area contributed by atoms with Gasteiger partial charge in [-0.25, -0.2) is 14.8 Å². The molecule has 1 saturated heterocycles. The Morgan fingerprint density at radius 2 is 2.00 bits per heavy atom. The normalized spacial score (nSPS) is 18.0. The molecule has 1 unspecified atom stereocenters. The molecule has 2 aromatic rings. The van der Waals surface area contributed by atoms with Gasteiger partial charge in [0.1, 0.15) is 6.61 Å². The fourth-order valence-corrected chi connectivity index (χ4v) is 3.07. The molecule has 0 radical (unpaired) electrons. The summed E-state index contributed by atoms with van der Waals surface area (Å²) >= 11 is 0. The summed E-state index contributed by atoms with van der Waals surface area (Å²) in [6.07, 6.45) is 4.79. The third kappa shape index (κ3) is 3.96. The zero-order chi connectivity index (χ0) is 16.9. The van der Waals surface area contributed by atoms with Crippen molar-refractivity contribution in [1.82, 2.24) is 14.9 Å². The van der Waals surface area contributed by atoms with Crippen molar-refractivity contribution in [1.29, 1.82) is 0 Å². The number of aromatic carboxylic acids is 1. The van der Waals surface area contributed by atoms with Crippen LogP contribution in [-0.4, -0.2) is 46.1 Å². The van der Waals surface area contributed by atoms with Crippen molar-refractivity contribution in [2.45, 2.75) is 25.5 Å². The molecule has 24 heavy (non-hydrogen) atoms. The first-order chi connectivity index (χ1) is 11.7. The van der Waals surface area contributed by atoms with Gasteiger partial charge in [-0.3, -0.25) is 4.90 Å².